The predicted octanol–water partition coefficient (Wildman–Crippen LogP) is 5.61. The Morgan fingerprint density at radius 1 is 0.970 bits per heavy atom. The molecule has 0 saturated carbocycles. The molecule has 0 bridgehead atoms. The third-order valence-electron chi connectivity index (χ3n) is 5.87. The molecule has 1 amide bonds. The zero-order valence-corrected chi connectivity index (χ0v) is 19.3. The first kappa shape index (κ1) is 22.9. The molecule has 33 heavy (non-hydrogen) atoms. The van der Waals surface area contributed by atoms with Crippen molar-refractivity contribution in [3.8, 4) is 11.1 Å². The highest BCUT2D eigenvalue weighted by Crippen LogP contribution is 2.44. The van der Waals surface area contributed by atoms with Gasteiger partial charge in [-0.2, -0.15) is 11.8 Å². The van der Waals surface area contributed by atoms with Gasteiger partial charge in [0.05, 0.1) is 0 Å². The maximum absolute atomic E-state index is 12.4. The molecule has 0 aromatic heterocycles. The van der Waals surface area contributed by atoms with Crippen molar-refractivity contribution in [3.05, 3.63) is 95.1 Å². The molecule has 5 nitrogen and oxygen atoms in total. The normalized spacial score (nSPS) is 13.1. The van der Waals surface area contributed by atoms with Gasteiger partial charge >= 0.3 is 12.1 Å². The van der Waals surface area contributed by atoms with Crippen LogP contribution in [0.5, 0.6) is 0 Å². The number of hydrogen-bond acceptors (Lipinski definition) is 4. The van der Waals surface area contributed by atoms with E-state index in [1.807, 2.05) is 43.3 Å². The van der Waals surface area contributed by atoms with E-state index in [4.69, 9.17) is 4.74 Å². The number of amides is 1. The van der Waals surface area contributed by atoms with E-state index in [9.17, 15) is 14.7 Å². The average Bonchev–Trinajstić information content (AvgIpc) is 3.14. The summed E-state index contributed by atoms with van der Waals surface area (Å²) in [7, 11) is 0. The maximum Gasteiger partial charge on any atom is 0.407 e. The lowest BCUT2D eigenvalue weighted by atomic mass is 9.98. The highest BCUT2D eigenvalue weighted by Gasteiger charge is 2.29. The number of aliphatic carboxylic acids is 1. The third-order valence-corrected chi connectivity index (χ3v) is 6.94. The molecule has 1 aliphatic rings. The topological polar surface area (TPSA) is 75.6 Å². The van der Waals surface area contributed by atoms with Gasteiger partial charge in [-0.15, -0.1) is 0 Å². The molecule has 6 heteroatoms. The summed E-state index contributed by atoms with van der Waals surface area (Å²) >= 11 is 1.65. The van der Waals surface area contributed by atoms with Gasteiger partial charge in [0.15, 0.2) is 0 Å². The van der Waals surface area contributed by atoms with Crippen LogP contribution < -0.4 is 5.32 Å². The zero-order chi connectivity index (χ0) is 23.2. The first-order valence-corrected chi connectivity index (χ1v) is 12.2. The number of alkyl carbamates (subject to hydrolysis) is 1. The fraction of sp³-hybridized carbons (Fsp3) is 0.259. The van der Waals surface area contributed by atoms with Gasteiger partial charge in [-0.1, -0.05) is 78.4 Å². The van der Waals surface area contributed by atoms with E-state index < -0.39 is 18.1 Å². The Hall–Kier alpha value is -3.25. The van der Waals surface area contributed by atoms with Crippen LogP contribution in [0.3, 0.4) is 0 Å². The highest BCUT2D eigenvalue weighted by atomic mass is 32.2. The SMILES string of the molecule is Cc1ccc(CSCC[C@H](NC(=O)OCC2c3ccccc3-c3ccccc32)C(=O)O)cc1. The Bertz CT molecular complexity index is 1080. The van der Waals surface area contributed by atoms with E-state index in [1.54, 1.807) is 11.8 Å². The van der Waals surface area contributed by atoms with Gasteiger partial charge in [0.1, 0.15) is 12.6 Å². The molecule has 3 aromatic carbocycles. The van der Waals surface area contributed by atoms with Crippen LogP contribution in [0.15, 0.2) is 72.8 Å². The first-order valence-electron chi connectivity index (χ1n) is 11.0. The van der Waals surface area contributed by atoms with Gasteiger partial charge in [-0.3, -0.25) is 0 Å². The molecule has 1 aliphatic carbocycles. The average molecular weight is 462 g/mol. The zero-order valence-electron chi connectivity index (χ0n) is 18.5. The lowest BCUT2D eigenvalue weighted by molar-refractivity contribution is -0.139. The summed E-state index contributed by atoms with van der Waals surface area (Å²) in [6.07, 6.45) is -0.372. The summed E-state index contributed by atoms with van der Waals surface area (Å²) in [5.41, 5.74) is 6.94. The van der Waals surface area contributed by atoms with Crippen molar-refractivity contribution in [2.75, 3.05) is 12.4 Å². The molecule has 0 aliphatic heterocycles. The summed E-state index contributed by atoms with van der Waals surface area (Å²) < 4.78 is 5.49. The number of rotatable bonds is 9. The molecule has 3 aromatic rings. The number of carboxylic acids is 1. The molecule has 0 heterocycles. The lowest BCUT2D eigenvalue weighted by Gasteiger charge is -2.17. The van der Waals surface area contributed by atoms with E-state index in [0.29, 0.717) is 12.2 Å². The van der Waals surface area contributed by atoms with E-state index in [0.717, 1.165) is 28.0 Å². The fourth-order valence-electron chi connectivity index (χ4n) is 4.12. The van der Waals surface area contributed by atoms with Crippen LogP contribution in [-0.4, -0.2) is 35.6 Å². The van der Waals surface area contributed by atoms with Gasteiger partial charge < -0.3 is 15.2 Å². The van der Waals surface area contributed by atoms with Crippen molar-refractivity contribution in [2.24, 2.45) is 0 Å². The number of aryl methyl sites for hydroxylation is 1. The monoisotopic (exact) mass is 461 g/mol. The quantitative estimate of drug-likeness (QED) is 0.405. The second-order valence-electron chi connectivity index (χ2n) is 8.19. The van der Waals surface area contributed by atoms with E-state index in [2.05, 4.69) is 41.7 Å². The van der Waals surface area contributed by atoms with Gasteiger partial charge in [0.25, 0.3) is 0 Å². The summed E-state index contributed by atoms with van der Waals surface area (Å²) in [4.78, 5) is 24.1. The van der Waals surface area contributed by atoms with E-state index in [1.165, 1.54) is 11.1 Å². The molecule has 2 N–H and O–H groups in total. The molecule has 4 rings (SSSR count). The van der Waals surface area contributed by atoms with Crippen LogP contribution in [0.1, 0.15) is 34.6 Å². The van der Waals surface area contributed by atoms with Crippen LogP contribution in [0, 0.1) is 6.92 Å². The Morgan fingerprint density at radius 2 is 1.58 bits per heavy atom. The number of thioether (sulfide) groups is 1. The van der Waals surface area contributed by atoms with Crippen LogP contribution in [0.25, 0.3) is 11.1 Å². The molecule has 1 atom stereocenters. The van der Waals surface area contributed by atoms with Crippen LogP contribution in [0.2, 0.25) is 0 Å². The van der Waals surface area contributed by atoms with Gasteiger partial charge in [0, 0.05) is 11.7 Å². The molecular formula is C27H27NO4S. The summed E-state index contributed by atoms with van der Waals surface area (Å²) in [5, 5.41) is 12.1. The Kier molecular flexibility index (Phi) is 7.35. The molecule has 0 unspecified atom stereocenters. The molecule has 0 saturated heterocycles. The number of carbonyl (C=O) groups excluding carboxylic acids is 1. The Labute approximate surface area is 198 Å². The largest absolute Gasteiger partial charge is 0.480 e. The minimum atomic E-state index is -1.06. The summed E-state index contributed by atoms with van der Waals surface area (Å²) in [6.45, 7) is 2.21. The first-order chi connectivity index (χ1) is 16.0. The fourth-order valence-corrected chi connectivity index (χ4v) is 5.09. The number of carbonyl (C=O) groups is 2. The van der Waals surface area contributed by atoms with Crippen molar-refractivity contribution in [2.45, 2.75) is 31.1 Å². The number of nitrogens with one attached hydrogen (secondary N) is 1. The number of ether oxygens (including phenoxy) is 1. The van der Waals surface area contributed by atoms with Gasteiger partial charge in [-0.25, -0.2) is 9.59 Å². The lowest BCUT2D eigenvalue weighted by Crippen LogP contribution is -2.41. The van der Waals surface area contributed by atoms with Crippen molar-refractivity contribution < 1.29 is 19.4 Å². The van der Waals surface area contributed by atoms with Crippen molar-refractivity contribution in [1.82, 2.24) is 5.32 Å². The maximum atomic E-state index is 12.4. The van der Waals surface area contributed by atoms with Gasteiger partial charge in [0.2, 0.25) is 0 Å². The number of benzene rings is 3. The van der Waals surface area contributed by atoms with Gasteiger partial charge in [-0.05, 0) is 46.9 Å². The number of fused-ring (bicyclic) bond motifs is 3. The standard InChI is InChI=1S/C27H27NO4S/c1-18-10-12-19(13-11-18)17-33-15-14-25(26(29)30)28-27(31)32-16-24-22-8-4-2-6-20(22)21-7-3-5-9-23(21)24/h2-13,24-25H,14-17H2,1H3,(H,28,31)(H,29,30)/t25-/m0/s1. The smallest absolute Gasteiger partial charge is 0.407 e. The highest BCUT2D eigenvalue weighted by molar-refractivity contribution is 7.98. The second kappa shape index (κ2) is 10.6. The van der Waals surface area contributed by atoms with E-state index in [-0.39, 0.29) is 12.5 Å². The molecule has 170 valence electrons. The molecule has 0 spiro atoms. The predicted molar refractivity (Wildman–Crippen MR) is 132 cm³/mol. The third kappa shape index (κ3) is 5.57. The number of hydrogen-bond donors (Lipinski definition) is 2. The second-order valence-corrected chi connectivity index (χ2v) is 9.29. The minimum Gasteiger partial charge on any atom is -0.480 e. The van der Waals surface area contributed by atoms with Crippen molar-refractivity contribution in [3.63, 3.8) is 0 Å². The van der Waals surface area contributed by atoms with E-state index >= 15 is 0 Å². The van der Waals surface area contributed by atoms with Crippen LogP contribution >= 0.6 is 11.8 Å². The van der Waals surface area contributed by atoms with Crippen LogP contribution in [0.4, 0.5) is 4.79 Å². The molecule has 0 radical (unpaired) electrons. The summed E-state index contributed by atoms with van der Waals surface area (Å²) in [6, 6.07) is 23.5. The molecular weight excluding hydrogens is 434 g/mol. The Morgan fingerprint density at radius 3 is 2.18 bits per heavy atom. The van der Waals surface area contributed by atoms with Crippen molar-refractivity contribution in [1.29, 1.82) is 0 Å². The van der Waals surface area contributed by atoms with Crippen molar-refractivity contribution >= 4 is 23.8 Å². The summed E-state index contributed by atoms with van der Waals surface area (Å²) in [5.74, 6) is 0.308. The number of carboxylic acid groups (broad SMARTS) is 1. The Balaban J connectivity index is 1.29. The molecule has 0 fully saturated rings. The minimum absolute atomic E-state index is 0.0588. The van der Waals surface area contributed by atoms with Crippen LogP contribution in [-0.2, 0) is 15.3 Å².